The number of carbonyl (C=O) groups is 1. The third-order valence-electron chi connectivity index (χ3n) is 5.55. The van der Waals surface area contributed by atoms with Crippen LogP contribution in [-0.4, -0.2) is 38.1 Å². The lowest BCUT2D eigenvalue weighted by atomic mass is 9.99. The van der Waals surface area contributed by atoms with Crippen molar-refractivity contribution in [3.05, 3.63) is 95.1 Å². The Morgan fingerprint density at radius 2 is 1.66 bits per heavy atom. The Bertz CT molecular complexity index is 1090. The number of amides is 1. The number of ether oxygens (including phenoxy) is 2. The van der Waals surface area contributed by atoms with E-state index in [0.717, 1.165) is 5.56 Å². The molecule has 0 saturated carbocycles. The molecule has 0 saturated heterocycles. The van der Waals surface area contributed by atoms with Gasteiger partial charge in [0.25, 0.3) is 5.91 Å². The van der Waals surface area contributed by atoms with Gasteiger partial charge < -0.3 is 14.4 Å². The molecule has 5 nitrogen and oxygen atoms in total. The van der Waals surface area contributed by atoms with E-state index < -0.39 is 0 Å². The average Bonchev–Trinajstić information content (AvgIpc) is 2.86. The smallest absolute Gasteiger partial charge is 0.255 e. The maximum absolute atomic E-state index is 13.5. The second-order valence-corrected chi connectivity index (χ2v) is 7.66. The minimum Gasteiger partial charge on any atom is -0.493 e. The molecule has 164 valence electrons. The summed E-state index contributed by atoms with van der Waals surface area (Å²) in [4.78, 5) is 15.3. The predicted octanol–water partition coefficient (Wildman–Crippen LogP) is 5.06. The van der Waals surface area contributed by atoms with Gasteiger partial charge in [0.15, 0.2) is 11.5 Å². The molecule has 0 fully saturated rings. The quantitative estimate of drug-likeness (QED) is 0.478. The summed E-state index contributed by atoms with van der Waals surface area (Å²) < 4.78 is 10.7. The molecule has 3 aromatic rings. The first kappa shape index (κ1) is 22.9. The Balaban J connectivity index is 1.85. The molecule has 1 amide bonds. The molecule has 0 aliphatic rings. The van der Waals surface area contributed by atoms with Gasteiger partial charge in [0.2, 0.25) is 0 Å². The van der Waals surface area contributed by atoms with Crippen LogP contribution in [0.15, 0.2) is 72.8 Å². The van der Waals surface area contributed by atoms with Crippen molar-refractivity contribution >= 4 is 5.91 Å². The third-order valence-corrected chi connectivity index (χ3v) is 5.55. The maximum atomic E-state index is 13.5. The predicted molar refractivity (Wildman–Crippen MR) is 125 cm³/mol. The van der Waals surface area contributed by atoms with Gasteiger partial charge in [-0.2, -0.15) is 5.26 Å². The highest BCUT2D eigenvalue weighted by molar-refractivity contribution is 5.96. The highest BCUT2D eigenvalue weighted by atomic mass is 16.5. The summed E-state index contributed by atoms with van der Waals surface area (Å²) in [5.41, 5.74) is 3.04. The number of nitrogens with zero attached hydrogens (tertiary/aromatic N) is 2. The SMILES string of the molecule is COc1ccc(CCN(C[C@H](C)c2ccccc2)C(=O)c2ccccc2C#N)cc1OC. The van der Waals surface area contributed by atoms with Crippen LogP contribution in [0.4, 0.5) is 0 Å². The van der Waals surface area contributed by atoms with Crippen molar-refractivity contribution in [3.8, 4) is 17.6 Å². The van der Waals surface area contributed by atoms with Crippen LogP contribution >= 0.6 is 0 Å². The van der Waals surface area contributed by atoms with Gasteiger partial charge in [-0.25, -0.2) is 0 Å². The van der Waals surface area contributed by atoms with Crippen molar-refractivity contribution < 1.29 is 14.3 Å². The fourth-order valence-corrected chi connectivity index (χ4v) is 3.73. The Kier molecular flexibility index (Phi) is 7.88. The molecule has 0 aromatic heterocycles. The van der Waals surface area contributed by atoms with Crippen molar-refractivity contribution in [1.82, 2.24) is 4.90 Å². The first-order valence-corrected chi connectivity index (χ1v) is 10.6. The molecule has 0 aliphatic heterocycles. The van der Waals surface area contributed by atoms with Gasteiger partial charge in [-0.15, -0.1) is 0 Å². The second kappa shape index (κ2) is 11.0. The number of benzene rings is 3. The Hall–Kier alpha value is -3.78. The second-order valence-electron chi connectivity index (χ2n) is 7.66. The number of rotatable bonds is 9. The highest BCUT2D eigenvalue weighted by Gasteiger charge is 2.21. The van der Waals surface area contributed by atoms with Crippen LogP contribution in [0.5, 0.6) is 11.5 Å². The molecular weight excluding hydrogens is 400 g/mol. The summed E-state index contributed by atoms with van der Waals surface area (Å²) in [5, 5.41) is 9.48. The van der Waals surface area contributed by atoms with E-state index in [2.05, 4.69) is 25.1 Å². The Morgan fingerprint density at radius 1 is 0.969 bits per heavy atom. The van der Waals surface area contributed by atoms with Crippen LogP contribution < -0.4 is 9.47 Å². The molecule has 0 radical (unpaired) electrons. The van der Waals surface area contributed by atoms with E-state index in [4.69, 9.17) is 9.47 Å². The summed E-state index contributed by atoms with van der Waals surface area (Å²) in [6.07, 6.45) is 0.655. The monoisotopic (exact) mass is 428 g/mol. The first-order valence-electron chi connectivity index (χ1n) is 10.6. The normalized spacial score (nSPS) is 11.3. The van der Waals surface area contributed by atoms with E-state index in [0.29, 0.717) is 42.1 Å². The van der Waals surface area contributed by atoms with Crippen molar-refractivity contribution in [2.45, 2.75) is 19.3 Å². The molecule has 0 aliphatic carbocycles. The van der Waals surface area contributed by atoms with Gasteiger partial charge in [-0.1, -0.05) is 55.5 Å². The van der Waals surface area contributed by atoms with Gasteiger partial charge in [0.05, 0.1) is 31.4 Å². The molecule has 0 N–H and O–H groups in total. The number of methoxy groups -OCH3 is 2. The number of nitriles is 1. The summed E-state index contributed by atoms with van der Waals surface area (Å²) in [6, 6.07) is 25.0. The molecule has 1 atom stereocenters. The van der Waals surface area contributed by atoms with E-state index in [1.54, 1.807) is 38.5 Å². The van der Waals surface area contributed by atoms with Crippen LogP contribution in [0.25, 0.3) is 0 Å². The summed E-state index contributed by atoms with van der Waals surface area (Å²) in [6.45, 7) is 3.18. The zero-order valence-electron chi connectivity index (χ0n) is 18.7. The fourth-order valence-electron chi connectivity index (χ4n) is 3.73. The van der Waals surface area contributed by atoms with Gasteiger partial charge in [-0.05, 0) is 47.7 Å². The zero-order chi connectivity index (χ0) is 22.9. The lowest BCUT2D eigenvalue weighted by Gasteiger charge is -2.27. The molecule has 5 heteroatoms. The summed E-state index contributed by atoms with van der Waals surface area (Å²) in [5.74, 6) is 1.35. The molecule has 3 rings (SSSR count). The van der Waals surface area contributed by atoms with Crippen LogP contribution in [0.3, 0.4) is 0 Å². The van der Waals surface area contributed by atoms with E-state index >= 15 is 0 Å². The van der Waals surface area contributed by atoms with Crippen molar-refractivity contribution in [2.75, 3.05) is 27.3 Å². The van der Waals surface area contributed by atoms with Crippen molar-refractivity contribution in [2.24, 2.45) is 0 Å². The zero-order valence-corrected chi connectivity index (χ0v) is 18.7. The lowest BCUT2D eigenvalue weighted by Crippen LogP contribution is -2.36. The first-order chi connectivity index (χ1) is 15.6. The average molecular weight is 429 g/mol. The summed E-state index contributed by atoms with van der Waals surface area (Å²) >= 11 is 0. The van der Waals surface area contributed by atoms with Crippen LogP contribution in [0.1, 0.15) is 39.9 Å². The Morgan fingerprint density at radius 3 is 2.34 bits per heavy atom. The Labute approximate surface area is 189 Å². The van der Waals surface area contributed by atoms with Gasteiger partial charge >= 0.3 is 0 Å². The lowest BCUT2D eigenvalue weighted by molar-refractivity contribution is 0.0748. The van der Waals surface area contributed by atoms with Crippen LogP contribution in [-0.2, 0) is 6.42 Å². The van der Waals surface area contributed by atoms with Gasteiger partial charge in [-0.3, -0.25) is 4.79 Å². The maximum Gasteiger partial charge on any atom is 0.255 e. The minimum atomic E-state index is -0.134. The van der Waals surface area contributed by atoms with E-state index in [-0.39, 0.29) is 11.8 Å². The van der Waals surface area contributed by atoms with E-state index in [1.807, 2.05) is 41.3 Å². The van der Waals surface area contributed by atoms with E-state index in [1.165, 1.54) is 5.56 Å². The molecular formula is C27H28N2O3. The van der Waals surface area contributed by atoms with Gasteiger partial charge in [0, 0.05) is 13.1 Å². The van der Waals surface area contributed by atoms with Crippen molar-refractivity contribution in [3.63, 3.8) is 0 Å². The molecule has 3 aromatic carbocycles. The topological polar surface area (TPSA) is 62.6 Å². The molecule has 0 heterocycles. The number of hydrogen-bond acceptors (Lipinski definition) is 4. The molecule has 0 bridgehead atoms. The highest BCUT2D eigenvalue weighted by Crippen LogP contribution is 2.28. The number of carbonyl (C=O) groups excluding carboxylic acids is 1. The van der Waals surface area contributed by atoms with Crippen LogP contribution in [0, 0.1) is 11.3 Å². The molecule has 32 heavy (non-hydrogen) atoms. The molecule has 0 unspecified atom stereocenters. The van der Waals surface area contributed by atoms with E-state index in [9.17, 15) is 10.1 Å². The summed E-state index contributed by atoms with van der Waals surface area (Å²) in [7, 11) is 3.22. The molecule has 0 spiro atoms. The van der Waals surface area contributed by atoms with Crippen molar-refractivity contribution in [1.29, 1.82) is 5.26 Å². The van der Waals surface area contributed by atoms with Crippen LogP contribution in [0.2, 0.25) is 0 Å². The van der Waals surface area contributed by atoms with Gasteiger partial charge in [0.1, 0.15) is 0 Å². The standard InChI is InChI=1S/C27H28N2O3/c1-20(22-9-5-4-6-10-22)19-29(27(30)24-12-8-7-11-23(24)18-28)16-15-21-13-14-25(31-2)26(17-21)32-3/h4-14,17,20H,15-16,19H2,1-3H3/t20-/m0/s1. The third kappa shape index (κ3) is 5.47. The fraction of sp³-hybridized carbons (Fsp3) is 0.259. The largest absolute Gasteiger partial charge is 0.493 e. The number of hydrogen-bond donors (Lipinski definition) is 0. The minimum absolute atomic E-state index is 0.134.